The van der Waals surface area contributed by atoms with Gasteiger partial charge in [0, 0.05) is 11.1 Å². The molecule has 3 rings (SSSR count). The summed E-state index contributed by atoms with van der Waals surface area (Å²) in [5, 5.41) is 0. The molecule has 1 aliphatic carbocycles. The molecule has 0 amide bonds. The molecule has 1 unspecified atom stereocenters. The van der Waals surface area contributed by atoms with Crippen molar-refractivity contribution in [3.63, 3.8) is 0 Å². The van der Waals surface area contributed by atoms with Gasteiger partial charge in [-0.05, 0) is 19.3 Å². The number of hydrogen-bond acceptors (Lipinski definition) is 3. The predicted octanol–water partition coefficient (Wildman–Crippen LogP) is 4.65. The maximum absolute atomic E-state index is 12.5. The van der Waals surface area contributed by atoms with Crippen LogP contribution in [0.5, 0.6) is 0 Å². The molecule has 3 nitrogen and oxygen atoms in total. The van der Waals surface area contributed by atoms with Crippen molar-refractivity contribution in [2.24, 2.45) is 10.9 Å². The Kier molecular flexibility index (Phi) is 5.99. The lowest BCUT2D eigenvalue weighted by atomic mass is 9.81. The molecule has 0 bridgehead atoms. The van der Waals surface area contributed by atoms with Crippen LogP contribution in [0.3, 0.4) is 0 Å². The van der Waals surface area contributed by atoms with Gasteiger partial charge >= 0.3 is 5.97 Å². The number of ether oxygens (including phenoxy) is 1. The van der Waals surface area contributed by atoms with Gasteiger partial charge in [-0.3, -0.25) is 4.99 Å². The second-order valence-corrected chi connectivity index (χ2v) is 6.51. The van der Waals surface area contributed by atoms with Gasteiger partial charge < -0.3 is 4.74 Å². The minimum Gasteiger partial charge on any atom is -0.464 e. The van der Waals surface area contributed by atoms with Crippen LogP contribution in [0, 0.1) is 5.92 Å². The average Bonchev–Trinajstić information content (AvgIpc) is 2.62. The summed E-state index contributed by atoms with van der Waals surface area (Å²) in [7, 11) is 0. The predicted molar refractivity (Wildman–Crippen MR) is 101 cm³/mol. The highest BCUT2D eigenvalue weighted by Gasteiger charge is 2.28. The molecule has 1 atom stereocenters. The molecule has 0 aliphatic heterocycles. The first-order chi connectivity index (χ1) is 12.3. The molecule has 0 aromatic heterocycles. The Morgan fingerprint density at radius 2 is 1.60 bits per heavy atom. The van der Waals surface area contributed by atoms with Crippen molar-refractivity contribution >= 4 is 11.7 Å². The monoisotopic (exact) mass is 335 g/mol. The number of nitrogens with zero attached hydrogens (tertiary/aromatic N) is 1. The molecule has 2 aromatic rings. The van der Waals surface area contributed by atoms with Gasteiger partial charge in [0.1, 0.15) is 6.04 Å². The topological polar surface area (TPSA) is 38.7 Å². The summed E-state index contributed by atoms with van der Waals surface area (Å²) in [6.45, 7) is 2.23. The molecule has 1 fully saturated rings. The smallest absolute Gasteiger partial charge is 0.330 e. The fourth-order valence-electron chi connectivity index (χ4n) is 3.15. The van der Waals surface area contributed by atoms with Crippen LogP contribution in [-0.2, 0) is 9.53 Å². The fraction of sp³-hybridized carbons (Fsp3) is 0.364. The molecule has 2 aromatic carbocycles. The molecular formula is C22H25NO2. The van der Waals surface area contributed by atoms with Crippen molar-refractivity contribution in [2.45, 2.75) is 38.6 Å². The largest absolute Gasteiger partial charge is 0.464 e. The minimum atomic E-state index is -0.430. The molecule has 130 valence electrons. The molecule has 0 radical (unpaired) electrons. The number of carbonyl (C=O) groups is 1. The third-order valence-corrected chi connectivity index (χ3v) is 4.72. The van der Waals surface area contributed by atoms with Crippen LogP contribution < -0.4 is 0 Å². The minimum absolute atomic E-state index is 0.209. The van der Waals surface area contributed by atoms with Gasteiger partial charge in [-0.2, -0.15) is 0 Å². The second-order valence-electron chi connectivity index (χ2n) is 6.51. The number of benzene rings is 2. The Morgan fingerprint density at radius 1 is 1.04 bits per heavy atom. The van der Waals surface area contributed by atoms with E-state index in [1.54, 1.807) is 0 Å². The number of rotatable bonds is 7. The summed E-state index contributed by atoms with van der Waals surface area (Å²) in [6, 6.07) is 19.7. The standard InChI is InChI=1S/C22H25NO2/c1-2-25-22(24)20(16-17-10-9-11-17)23-21(18-12-5-3-6-13-18)19-14-7-4-8-15-19/h3-8,12-15,17,20H,2,9-11,16H2,1H3. The first-order valence-corrected chi connectivity index (χ1v) is 9.13. The summed E-state index contributed by atoms with van der Waals surface area (Å²) in [5.41, 5.74) is 2.91. The second kappa shape index (κ2) is 8.61. The Balaban J connectivity index is 1.97. The lowest BCUT2D eigenvalue weighted by molar-refractivity contribution is -0.145. The van der Waals surface area contributed by atoms with Gasteiger partial charge in [0.15, 0.2) is 0 Å². The van der Waals surface area contributed by atoms with E-state index in [1.807, 2.05) is 67.6 Å². The van der Waals surface area contributed by atoms with Crippen molar-refractivity contribution in [1.82, 2.24) is 0 Å². The van der Waals surface area contributed by atoms with Gasteiger partial charge in [0.25, 0.3) is 0 Å². The van der Waals surface area contributed by atoms with Gasteiger partial charge in [-0.25, -0.2) is 4.79 Å². The van der Waals surface area contributed by atoms with E-state index in [0.29, 0.717) is 12.5 Å². The molecule has 1 saturated carbocycles. The van der Waals surface area contributed by atoms with E-state index in [9.17, 15) is 4.79 Å². The highest BCUT2D eigenvalue weighted by molar-refractivity contribution is 6.13. The number of esters is 1. The Morgan fingerprint density at radius 3 is 2.04 bits per heavy atom. The van der Waals surface area contributed by atoms with Crippen molar-refractivity contribution in [3.05, 3.63) is 71.8 Å². The first-order valence-electron chi connectivity index (χ1n) is 9.13. The molecule has 1 aliphatic rings. The van der Waals surface area contributed by atoms with E-state index >= 15 is 0 Å². The Bertz CT molecular complexity index is 664. The zero-order valence-corrected chi connectivity index (χ0v) is 14.7. The molecule has 3 heteroatoms. The summed E-state index contributed by atoms with van der Waals surface area (Å²) in [6.07, 6.45) is 4.42. The van der Waals surface area contributed by atoms with Crippen LogP contribution in [0.2, 0.25) is 0 Å². The van der Waals surface area contributed by atoms with Gasteiger partial charge in [0.2, 0.25) is 0 Å². The zero-order chi connectivity index (χ0) is 17.5. The highest BCUT2D eigenvalue weighted by atomic mass is 16.5. The van der Waals surface area contributed by atoms with Crippen LogP contribution in [-0.4, -0.2) is 24.3 Å². The van der Waals surface area contributed by atoms with Crippen LogP contribution in [0.15, 0.2) is 65.7 Å². The quantitative estimate of drug-likeness (QED) is 0.546. The average molecular weight is 335 g/mol. The van der Waals surface area contributed by atoms with Gasteiger partial charge in [-0.15, -0.1) is 0 Å². The van der Waals surface area contributed by atoms with Crippen molar-refractivity contribution in [1.29, 1.82) is 0 Å². The lowest BCUT2D eigenvalue weighted by Gasteiger charge is -2.27. The summed E-state index contributed by atoms with van der Waals surface area (Å²) in [5.74, 6) is 0.379. The SMILES string of the molecule is CCOC(=O)C(CC1CCC1)N=C(c1ccccc1)c1ccccc1. The maximum Gasteiger partial charge on any atom is 0.330 e. The third-order valence-electron chi connectivity index (χ3n) is 4.72. The van der Waals surface area contributed by atoms with E-state index in [4.69, 9.17) is 9.73 Å². The molecule has 0 heterocycles. The molecule has 0 N–H and O–H groups in total. The molecule has 0 spiro atoms. The zero-order valence-electron chi connectivity index (χ0n) is 14.7. The molecule has 0 saturated heterocycles. The number of hydrogen-bond donors (Lipinski definition) is 0. The Hall–Kier alpha value is -2.42. The summed E-state index contributed by atoms with van der Waals surface area (Å²) in [4.78, 5) is 17.4. The Labute approximate surface area is 149 Å². The van der Waals surface area contributed by atoms with E-state index in [2.05, 4.69) is 0 Å². The normalized spacial score (nSPS) is 15.1. The fourth-order valence-corrected chi connectivity index (χ4v) is 3.15. The first kappa shape index (κ1) is 17.4. The third kappa shape index (κ3) is 4.56. The van der Waals surface area contributed by atoms with E-state index in [0.717, 1.165) is 23.3 Å². The van der Waals surface area contributed by atoms with E-state index < -0.39 is 6.04 Å². The van der Waals surface area contributed by atoms with Crippen LogP contribution in [0.1, 0.15) is 43.7 Å². The van der Waals surface area contributed by atoms with Crippen LogP contribution in [0.4, 0.5) is 0 Å². The van der Waals surface area contributed by atoms with E-state index in [1.165, 1.54) is 19.3 Å². The van der Waals surface area contributed by atoms with Crippen molar-refractivity contribution in [2.75, 3.05) is 6.61 Å². The van der Waals surface area contributed by atoms with Gasteiger partial charge in [0.05, 0.1) is 12.3 Å². The summed E-state index contributed by atoms with van der Waals surface area (Å²) < 4.78 is 5.30. The maximum atomic E-state index is 12.5. The molecule has 25 heavy (non-hydrogen) atoms. The molecular weight excluding hydrogens is 310 g/mol. The van der Waals surface area contributed by atoms with Crippen molar-refractivity contribution in [3.8, 4) is 0 Å². The van der Waals surface area contributed by atoms with Crippen molar-refractivity contribution < 1.29 is 9.53 Å². The van der Waals surface area contributed by atoms with Crippen LogP contribution in [0.25, 0.3) is 0 Å². The lowest BCUT2D eigenvalue weighted by Crippen LogP contribution is -2.28. The van der Waals surface area contributed by atoms with Crippen LogP contribution >= 0.6 is 0 Å². The summed E-state index contributed by atoms with van der Waals surface area (Å²) >= 11 is 0. The van der Waals surface area contributed by atoms with Gasteiger partial charge in [-0.1, -0.05) is 79.9 Å². The van der Waals surface area contributed by atoms with E-state index in [-0.39, 0.29) is 5.97 Å². The highest BCUT2D eigenvalue weighted by Crippen LogP contribution is 2.32. The number of aliphatic imine (C=N–C) groups is 1. The number of carbonyl (C=O) groups excluding carboxylic acids is 1.